The van der Waals surface area contributed by atoms with Crippen LogP contribution in [0.1, 0.15) is 5.69 Å². The molecule has 0 atom stereocenters. The number of carbonyl (C=O) groups is 1. The van der Waals surface area contributed by atoms with Gasteiger partial charge in [-0.25, -0.2) is 0 Å². The molecule has 1 radical (unpaired) electrons. The summed E-state index contributed by atoms with van der Waals surface area (Å²) in [5.41, 5.74) is 5.48. The van der Waals surface area contributed by atoms with E-state index in [0.717, 1.165) is 0 Å². The quantitative estimate of drug-likeness (QED) is 0.596. The fourth-order valence-corrected chi connectivity index (χ4v) is 0.656. The van der Waals surface area contributed by atoms with Crippen LogP contribution in [0.2, 0.25) is 0 Å². The van der Waals surface area contributed by atoms with Gasteiger partial charge in [0.2, 0.25) is 5.91 Å². The van der Waals surface area contributed by atoms with E-state index in [1.165, 1.54) is 6.42 Å². The van der Waals surface area contributed by atoms with Crippen LogP contribution in [-0.4, -0.2) is 15.7 Å². The van der Waals surface area contributed by atoms with E-state index in [1.54, 1.807) is 24.0 Å². The van der Waals surface area contributed by atoms with Crippen LogP contribution in [0.5, 0.6) is 0 Å². The Morgan fingerprint density at radius 3 is 3.00 bits per heavy atom. The Hall–Kier alpha value is -1.32. The molecule has 1 aromatic heterocycles. The molecule has 4 heteroatoms. The predicted molar refractivity (Wildman–Crippen MR) is 35.8 cm³/mol. The van der Waals surface area contributed by atoms with E-state index < -0.39 is 5.91 Å². The molecular weight excluding hydrogens is 130 g/mol. The monoisotopic (exact) mass is 138 g/mol. The van der Waals surface area contributed by atoms with Crippen LogP contribution >= 0.6 is 0 Å². The van der Waals surface area contributed by atoms with Crippen LogP contribution in [0.4, 0.5) is 0 Å². The van der Waals surface area contributed by atoms with E-state index in [2.05, 4.69) is 5.10 Å². The first-order valence-corrected chi connectivity index (χ1v) is 2.82. The molecule has 2 N–H and O–H groups in total. The lowest BCUT2D eigenvalue weighted by molar-refractivity contribution is -0.114. The number of carbonyl (C=O) groups excluding carboxylic acids is 1. The fourth-order valence-electron chi connectivity index (χ4n) is 0.656. The highest BCUT2D eigenvalue weighted by molar-refractivity contribution is 5.86. The summed E-state index contributed by atoms with van der Waals surface area (Å²) in [6, 6.07) is 1.71. The van der Waals surface area contributed by atoms with Gasteiger partial charge < -0.3 is 5.73 Å². The maximum absolute atomic E-state index is 10.3. The van der Waals surface area contributed by atoms with Crippen molar-refractivity contribution < 1.29 is 4.79 Å². The van der Waals surface area contributed by atoms with Crippen molar-refractivity contribution in [3.63, 3.8) is 0 Å². The molecule has 53 valence electrons. The van der Waals surface area contributed by atoms with Crippen LogP contribution < -0.4 is 5.73 Å². The van der Waals surface area contributed by atoms with Gasteiger partial charge in [-0.1, -0.05) is 0 Å². The Kier molecular flexibility index (Phi) is 1.71. The molecule has 0 aliphatic carbocycles. The summed E-state index contributed by atoms with van der Waals surface area (Å²) in [6.07, 6.45) is 3.02. The molecule has 0 bridgehead atoms. The molecule has 0 aliphatic rings. The van der Waals surface area contributed by atoms with Gasteiger partial charge in [-0.15, -0.1) is 0 Å². The summed E-state index contributed by atoms with van der Waals surface area (Å²) < 4.78 is 1.61. The Bertz CT molecular complexity index is 241. The minimum absolute atomic E-state index is 0.473. The zero-order valence-electron chi connectivity index (χ0n) is 5.61. The van der Waals surface area contributed by atoms with Crippen LogP contribution in [0.15, 0.2) is 12.3 Å². The molecule has 1 heterocycles. The lowest BCUT2D eigenvalue weighted by Crippen LogP contribution is -2.11. The molecule has 4 nitrogen and oxygen atoms in total. The second-order valence-electron chi connectivity index (χ2n) is 1.96. The number of hydrogen-bond donors (Lipinski definition) is 1. The molecule has 0 saturated heterocycles. The average Bonchev–Trinajstić information content (AvgIpc) is 2.13. The zero-order valence-corrected chi connectivity index (χ0v) is 5.61. The Morgan fingerprint density at radius 2 is 2.60 bits per heavy atom. The van der Waals surface area contributed by atoms with Crippen LogP contribution in [0.25, 0.3) is 0 Å². The summed E-state index contributed by atoms with van der Waals surface area (Å²) in [5, 5.41) is 3.91. The minimum Gasteiger partial charge on any atom is -0.369 e. The summed E-state index contributed by atoms with van der Waals surface area (Å²) in [5.74, 6) is -0.473. The summed E-state index contributed by atoms with van der Waals surface area (Å²) in [4.78, 5) is 10.3. The number of nitrogens with zero attached hydrogens (tertiary/aromatic N) is 2. The molecule has 0 fully saturated rings. The summed E-state index contributed by atoms with van der Waals surface area (Å²) in [7, 11) is 1.78. The normalized spacial score (nSPS) is 9.70. The molecule has 10 heavy (non-hydrogen) atoms. The van der Waals surface area contributed by atoms with Crippen molar-refractivity contribution in [2.45, 2.75) is 0 Å². The first-order chi connectivity index (χ1) is 4.68. The standard InChI is InChI=1S/C6H8N3O/c1-9-3-2-5(8-9)4-6(7)10/h2-4H,1H3,(H2,7,10). The molecule has 0 aliphatic heterocycles. The third kappa shape index (κ3) is 1.58. The second kappa shape index (κ2) is 2.51. The first kappa shape index (κ1) is 6.80. The number of nitrogens with two attached hydrogens (primary N) is 1. The Balaban J connectivity index is 2.67. The molecular formula is C6H8N3O. The topological polar surface area (TPSA) is 60.9 Å². The highest BCUT2D eigenvalue weighted by Crippen LogP contribution is 1.95. The van der Waals surface area contributed by atoms with E-state index in [4.69, 9.17) is 5.73 Å². The highest BCUT2D eigenvalue weighted by atomic mass is 16.1. The number of hydrogen-bond acceptors (Lipinski definition) is 2. The maximum atomic E-state index is 10.3. The number of primary amides is 1. The van der Waals surface area contributed by atoms with Gasteiger partial charge in [0.25, 0.3) is 0 Å². The highest BCUT2D eigenvalue weighted by Gasteiger charge is 2.00. The molecule has 1 aromatic rings. The van der Waals surface area contributed by atoms with Crippen LogP contribution in [0, 0.1) is 6.42 Å². The Labute approximate surface area is 58.6 Å². The molecule has 1 rings (SSSR count). The van der Waals surface area contributed by atoms with Crippen molar-refractivity contribution >= 4 is 5.91 Å². The largest absolute Gasteiger partial charge is 0.369 e. The third-order valence-corrected chi connectivity index (χ3v) is 1.02. The van der Waals surface area contributed by atoms with Crippen molar-refractivity contribution in [3.05, 3.63) is 24.4 Å². The van der Waals surface area contributed by atoms with E-state index in [9.17, 15) is 4.79 Å². The summed E-state index contributed by atoms with van der Waals surface area (Å²) in [6.45, 7) is 0. The minimum atomic E-state index is -0.473. The van der Waals surface area contributed by atoms with Gasteiger partial charge in [0.05, 0.1) is 12.1 Å². The smallest absolute Gasteiger partial charge is 0.227 e. The van der Waals surface area contributed by atoms with Crippen LogP contribution in [-0.2, 0) is 11.8 Å². The van der Waals surface area contributed by atoms with Gasteiger partial charge in [0.1, 0.15) is 0 Å². The van der Waals surface area contributed by atoms with Crippen molar-refractivity contribution in [2.24, 2.45) is 12.8 Å². The van der Waals surface area contributed by atoms with E-state index in [-0.39, 0.29) is 0 Å². The van der Waals surface area contributed by atoms with Gasteiger partial charge in [-0.3, -0.25) is 9.48 Å². The summed E-state index contributed by atoms with van der Waals surface area (Å²) >= 11 is 0. The van der Waals surface area contributed by atoms with Crippen molar-refractivity contribution in [1.29, 1.82) is 0 Å². The lowest BCUT2D eigenvalue weighted by atomic mass is 10.3. The number of aryl methyl sites for hydroxylation is 1. The molecule has 0 unspecified atom stereocenters. The number of rotatable bonds is 2. The molecule has 0 saturated carbocycles. The number of amides is 1. The van der Waals surface area contributed by atoms with Gasteiger partial charge in [-0.05, 0) is 6.07 Å². The number of aromatic nitrogens is 2. The SMILES string of the molecule is Cn1ccc([CH]C(N)=O)n1. The van der Waals surface area contributed by atoms with Crippen LogP contribution in [0.3, 0.4) is 0 Å². The van der Waals surface area contributed by atoms with Crippen molar-refractivity contribution in [3.8, 4) is 0 Å². The van der Waals surface area contributed by atoms with Gasteiger partial charge in [0.15, 0.2) is 0 Å². The van der Waals surface area contributed by atoms with Gasteiger partial charge >= 0.3 is 0 Å². The lowest BCUT2D eigenvalue weighted by Gasteiger charge is -1.87. The molecule has 1 amide bonds. The van der Waals surface area contributed by atoms with E-state index in [1.807, 2.05) is 0 Å². The van der Waals surface area contributed by atoms with Gasteiger partial charge in [0, 0.05) is 13.2 Å². The maximum Gasteiger partial charge on any atom is 0.227 e. The molecule has 0 aromatic carbocycles. The average molecular weight is 138 g/mol. The van der Waals surface area contributed by atoms with E-state index >= 15 is 0 Å². The molecule has 0 spiro atoms. The van der Waals surface area contributed by atoms with Crippen molar-refractivity contribution in [1.82, 2.24) is 9.78 Å². The second-order valence-corrected chi connectivity index (χ2v) is 1.96. The first-order valence-electron chi connectivity index (χ1n) is 2.82. The Morgan fingerprint density at radius 1 is 1.90 bits per heavy atom. The zero-order chi connectivity index (χ0) is 7.56. The van der Waals surface area contributed by atoms with E-state index in [0.29, 0.717) is 5.69 Å². The predicted octanol–water partition coefficient (Wildman–Crippen LogP) is -0.542. The third-order valence-electron chi connectivity index (χ3n) is 1.02. The van der Waals surface area contributed by atoms with Crippen molar-refractivity contribution in [2.75, 3.05) is 0 Å². The fraction of sp³-hybridized carbons (Fsp3) is 0.167. The van der Waals surface area contributed by atoms with Gasteiger partial charge in [-0.2, -0.15) is 5.10 Å².